The third-order valence-corrected chi connectivity index (χ3v) is 3.89. The Bertz CT molecular complexity index is 241. The summed E-state index contributed by atoms with van der Waals surface area (Å²) in [6.07, 6.45) is 4.25. The zero-order valence-corrected chi connectivity index (χ0v) is 12.2. The van der Waals surface area contributed by atoms with Gasteiger partial charge in [-0.1, -0.05) is 0 Å². The average Bonchev–Trinajstić information content (AvgIpc) is 2.40. The Kier molecular flexibility index (Phi) is 7.28. The number of nitrogens with zero attached hydrogens (tertiary/aromatic N) is 2. The first-order valence-corrected chi connectivity index (χ1v) is 7.38. The minimum atomic E-state index is 0.308. The summed E-state index contributed by atoms with van der Waals surface area (Å²) < 4.78 is 0. The van der Waals surface area contributed by atoms with Crippen molar-refractivity contribution in [2.24, 2.45) is 0 Å². The fourth-order valence-corrected chi connectivity index (χ4v) is 2.68. The molecule has 1 aliphatic rings. The van der Waals surface area contributed by atoms with E-state index >= 15 is 0 Å². The van der Waals surface area contributed by atoms with E-state index < -0.39 is 0 Å². The summed E-state index contributed by atoms with van der Waals surface area (Å²) in [4.78, 5) is 16.3. The van der Waals surface area contributed by atoms with Crippen molar-refractivity contribution in [1.29, 1.82) is 0 Å². The van der Waals surface area contributed by atoms with Gasteiger partial charge in [-0.15, -0.1) is 0 Å². The number of carbonyl (C=O) groups excluding carboxylic acids is 1. The van der Waals surface area contributed by atoms with Gasteiger partial charge < -0.3 is 15.1 Å². The number of likely N-dealkylation sites (tertiary alicyclic amines) is 1. The molecule has 106 valence electrons. The lowest BCUT2D eigenvalue weighted by molar-refractivity contribution is -0.131. The van der Waals surface area contributed by atoms with Crippen LogP contribution in [-0.2, 0) is 4.79 Å². The Labute approximate surface area is 112 Å². The fraction of sp³-hybridized carbons (Fsp3) is 0.929. The molecule has 1 saturated heterocycles. The maximum atomic E-state index is 11.9. The van der Waals surface area contributed by atoms with E-state index in [1.807, 2.05) is 25.8 Å². The third kappa shape index (κ3) is 4.94. The van der Waals surface area contributed by atoms with E-state index in [1.165, 1.54) is 19.4 Å². The molecule has 1 N–H and O–H groups in total. The van der Waals surface area contributed by atoms with Crippen LogP contribution in [0.2, 0.25) is 0 Å². The average molecular weight is 255 g/mol. The predicted molar refractivity (Wildman–Crippen MR) is 75.7 cm³/mol. The van der Waals surface area contributed by atoms with Gasteiger partial charge in [0.15, 0.2) is 0 Å². The van der Waals surface area contributed by atoms with Crippen LogP contribution in [0.3, 0.4) is 0 Å². The van der Waals surface area contributed by atoms with Gasteiger partial charge in [-0.3, -0.25) is 4.79 Å². The highest BCUT2D eigenvalue weighted by atomic mass is 16.2. The van der Waals surface area contributed by atoms with Crippen LogP contribution in [0.5, 0.6) is 0 Å². The van der Waals surface area contributed by atoms with Crippen molar-refractivity contribution in [2.45, 2.75) is 45.6 Å². The zero-order chi connectivity index (χ0) is 13.4. The summed E-state index contributed by atoms with van der Waals surface area (Å²) in [5.74, 6) is 0.308. The van der Waals surface area contributed by atoms with Gasteiger partial charge in [-0.2, -0.15) is 0 Å². The number of nitrogens with one attached hydrogen (secondary N) is 1. The Hall–Kier alpha value is -0.610. The molecule has 0 spiro atoms. The SMILES string of the molecule is CCN(CC)C(=O)CCCN1CCCC(NC)C1. The zero-order valence-electron chi connectivity index (χ0n) is 12.2. The van der Waals surface area contributed by atoms with Gasteiger partial charge in [-0.05, 0) is 53.2 Å². The second-order valence-corrected chi connectivity index (χ2v) is 5.10. The molecule has 1 amide bonds. The first-order chi connectivity index (χ1) is 8.71. The molecule has 0 aliphatic carbocycles. The first-order valence-electron chi connectivity index (χ1n) is 7.38. The summed E-state index contributed by atoms with van der Waals surface area (Å²) in [6, 6.07) is 0.636. The highest BCUT2D eigenvalue weighted by Gasteiger charge is 2.18. The Morgan fingerprint density at radius 1 is 1.39 bits per heavy atom. The van der Waals surface area contributed by atoms with Crippen molar-refractivity contribution < 1.29 is 4.79 Å². The fourth-order valence-electron chi connectivity index (χ4n) is 2.68. The Morgan fingerprint density at radius 3 is 2.72 bits per heavy atom. The standard InChI is InChI=1S/C14H29N3O/c1-4-17(5-2)14(18)9-7-11-16-10-6-8-13(12-16)15-3/h13,15H,4-12H2,1-3H3. The summed E-state index contributed by atoms with van der Waals surface area (Å²) in [7, 11) is 2.04. The van der Waals surface area contributed by atoms with E-state index in [1.54, 1.807) is 0 Å². The first kappa shape index (κ1) is 15.4. The van der Waals surface area contributed by atoms with E-state index in [9.17, 15) is 4.79 Å². The van der Waals surface area contributed by atoms with Gasteiger partial charge in [0.2, 0.25) is 5.91 Å². The molecule has 0 aromatic rings. The van der Waals surface area contributed by atoms with Crippen LogP contribution < -0.4 is 5.32 Å². The molecular weight excluding hydrogens is 226 g/mol. The second kappa shape index (κ2) is 8.48. The van der Waals surface area contributed by atoms with Gasteiger partial charge in [0, 0.05) is 32.1 Å². The third-order valence-electron chi connectivity index (χ3n) is 3.89. The molecule has 1 fully saturated rings. The highest BCUT2D eigenvalue weighted by molar-refractivity contribution is 5.76. The molecule has 1 heterocycles. The van der Waals surface area contributed by atoms with Gasteiger partial charge in [0.05, 0.1) is 0 Å². The van der Waals surface area contributed by atoms with E-state index in [4.69, 9.17) is 0 Å². The summed E-state index contributed by atoms with van der Waals surface area (Å²) in [5.41, 5.74) is 0. The highest BCUT2D eigenvalue weighted by Crippen LogP contribution is 2.10. The number of rotatable bonds is 7. The quantitative estimate of drug-likeness (QED) is 0.745. The molecule has 0 aromatic carbocycles. The molecule has 4 nitrogen and oxygen atoms in total. The summed E-state index contributed by atoms with van der Waals surface area (Å²) in [6.45, 7) is 9.15. The lowest BCUT2D eigenvalue weighted by Gasteiger charge is -2.32. The van der Waals surface area contributed by atoms with Crippen LogP contribution in [-0.4, -0.2) is 61.5 Å². The second-order valence-electron chi connectivity index (χ2n) is 5.10. The monoisotopic (exact) mass is 255 g/mol. The number of likely N-dealkylation sites (N-methyl/N-ethyl adjacent to an activating group) is 1. The van der Waals surface area contributed by atoms with Crippen molar-refractivity contribution in [3.63, 3.8) is 0 Å². The van der Waals surface area contributed by atoms with Crippen molar-refractivity contribution in [3.05, 3.63) is 0 Å². The minimum Gasteiger partial charge on any atom is -0.343 e. The van der Waals surface area contributed by atoms with Crippen LogP contribution in [0.25, 0.3) is 0 Å². The van der Waals surface area contributed by atoms with Crippen molar-refractivity contribution >= 4 is 5.91 Å². The minimum absolute atomic E-state index is 0.308. The van der Waals surface area contributed by atoms with Gasteiger partial charge in [0.1, 0.15) is 0 Å². The van der Waals surface area contributed by atoms with Crippen LogP contribution in [0.4, 0.5) is 0 Å². The molecule has 1 rings (SSSR count). The molecule has 0 radical (unpaired) electrons. The smallest absolute Gasteiger partial charge is 0.222 e. The van der Waals surface area contributed by atoms with E-state index in [2.05, 4.69) is 10.2 Å². The Balaban J connectivity index is 2.19. The normalized spacial score (nSPS) is 20.9. The molecule has 0 aromatic heterocycles. The summed E-state index contributed by atoms with van der Waals surface area (Å²) in [5, 5.41) is 3.35. The number of amides is 1. The van der Waals surface area contributed by atoms with Crippen molar-refractivity contribution in [1.82, 2.24) is 15.1 Å². The molecule has 1 aliphatic heterocycles. The molecular formula is C14H29N3O. The largest absolute Gasteiger partial charge is 0.343 e. The molecule has 1 unspecified atom stereocenters. The van der Waals surface area contributed by atoms with Crippen LogP contribution in [0, 0.1) is 0 Å². The number of hydrogen-bond acceptors (Lipinski definition) is 3. The van der Waals surface area contributed by atoms with Gasteiger partial charge in [0.25, 0.3) is 0 Å². The van der Waals surface area contributed by atoms with E-state index in [0.29, 0.717) is 18.4 Å². The van der Waals surface area contributed by atoms with E-state index in [0.717, 1.165) is 32.6 Å². The van der Waals surface area contributed by atoms with Crippen LogP contribution in [0.15, 0.2) is 0 Å². The molecule has 1 atom stereocenters. The summed E-state index contributed by atoms with van der Waals surface area (Å²) >= 11 is 0. The van der Waals surface area contributed by atoms with Crippen molar-refractivity contribution in [3.8, 4) is 0 Å². The maximum Gasteiger partial charge on any atom is 0.222 e. The molecule has 4 heteroatoms. The molecule has 0 saturated carbocycles. The van der Waals surface area contributed by atoms with Crippen LogP contribution in [0.1, 0.15) is 39.5 Å². The Morgan fingerprint density at radius 2 is 2.11 bits per heavy atom. The topological polar surface area (TPSA) is 35.6 Å². The number of carbonyl (C=O) groups is 1. The lowest BCUT2D eigenvalue weighted by Crippen LogP contribution is -2.44. The lowest BCUT2D eigenvalue weighted by atomic mass is 10.1. The number of hydrogen-bond donors (Lipinski definition) is 1. The predicted octanol–water partition coefficient (Wildman–Crippen LogP) is 1.32. The van der Waals surface area contributed by atoms with Crippen LogP contribution >= 0.6 is 0 Å². The number of piperidine rings is 1. The van der Waals surface area contributed by atoms with Gasteiger partial charge in [-0.25, -0.2) is 0 Å². The van der Waals surface area contributed by atoms with E-state index in [-0.39, 0.29) is 0 Å². The van der Waals surface area contributed by atoms with Gasteiger partial charge >= 0.3 is 0 Å². The molecule has 18 heavy (non-hydrogen) atoms. The molecule has 0 bridgehead atoms. The maximum absolute atomic E-state index is 11.9. The van der Waals surface area contributed by atoms with Crippen molar-refractivity contribution in [2.75, 3.05) is 39.8 Å².